The third kappa shape index (κ3) is 4.86. The minimum absolute atomic E-state index is 0.0333. The van der Waals surface area contributed by atoms with Crippen LogP contribution in [0.5, 0.6) is 11.5 Å². The molecule has 3 aromatic heterocycles. The van der Waals surface area contributed by atoms with Gasteiger partial charge in [0.15, 0.2) is 22.8 Å². The molecule has 0 radical (unpaired) electrons. The van der Waals surface area contributed by atoms with Crippen LogP contribution in [0.2, 0.25) is 5.02 Å². The van der Waals surface area contributed by atoms with Crippen LogP contribution in [0, 0.1) is 10.1 Å². The summed E-state index contributed by atoms with van der Waals surface area (Å²) >= 11 is 6.26. The third-order valence-electron chi connectivity index (χ3n) is 5.15. The molecule has 10 nitrogen and oxygen atoms in total. The number of nitro benzene ring substituents is 1. The highest BCUT2D eigenvalue weighted by Crippen LogP contribution is 2.35. The number of hydrogen-bond donors (Lipinski definition) is 1. The van der Waals surface area contributed by atoms with Gasteiger partial charge < -0.3 is 14.5 Å². The molecule has 0 aliphatic rings. The Morgan fingerprint density at radius 3 is 2.50 bits per heavy atom. The second-order valence-electron chi connectivity index (χ2n) is 7.74. The van der Waals surface area contributed by atoms with Gasteiger partial charge in [-0.2, -0.15) is 18.3 Å². The average Bonchev–Trinajstić information content (AvgIpc) is 3.52. The first-order chi connectivity index (χ1) is 18.1. The number of anilines is 1. The van der Waals surface area contributed by atoms with Crippen LogP contribution in [0.4, 0.5) is 24.5 Å². The summed E-state index contributed by atoms with van der Waals surface area (Å²) in [5, 5.41) is 17.1. The van der Waals surface area contributed by atoms with Crippen molar-refractivity contribution < 1.29 is 32.0 Å². The zero-order valence-corrected chi connectivity index (χ0v) is 19.5. The molecule has 0 saturated carbocycles. The summed E-state index contributed by atoms with van der Waals surface area (Å²) in [6.07, 6.45) is -3.62. The lowest BCUT2D eigenvalue weighted by Crippen LogP contribution is -2.16. The number of rotatable bonds is 6. The number of furan rings is 1. The summed E-state index contributed by atoms with van der Waals surface area (Å²) in [6, 6.07) is 15.5. The van der Waals surface area contributed by atoms with E-state index in [1.54, 1.807) is 30.3 Å². The Morgan fingerprint density at radius 2 is 1.84 bits per heavy atom. The van der Waals surface area contributed by atoms with Gasteiger partial charge >= 0.3 is 6.18 Å². The number of non-ortho nitro benzene ring substituents is 1. The molecule has 0 bridgehead atoms. The number of alkyl halides is 3. The Kier molecular flexibility index (Phi) is 6.20. The van der Waals surface area contributed by atoms with Crippen molar-refractivity contribution in [2.45, 2.75) is 6.18 Å². The van der Waals surface area contributed by atoms with Gasteiger partial charge in [0, 0.05) is 12.1 Å². The highest BCUT2D eigenvalue weighted by atomic mass is 35.5. The van der Waals surface area contributed by atoms with Crippen molar-refractivity contribution in [2.24, 2.45) is 0 Å². The lowest BCUT2D eigenvalue weighted by molar-refractivity contribution is -0.384. The Bertz CT molecular complexity index is 1670. The molecule has 0 saturated heterocycles. The van der Waals surface area contributed by atoms with Crippen LogP contribution in [-0.2, 0) is 6.18 Å². The summed E-state index contributed by atoms with van der Waals surface area (Å²) in [7, 11) is 0. The molecule has 0 aliphatic carbocycles. The van der Waals surface area contributed by atoms with Gasteiger partial charge in [-0.05, 0) is 30.3 Å². The lowest BCUT2D eigenvalue weighted by Gasteiger charge is -2.10. The molecule has 38 heavy (non-hydrogen) atoms. The second-order valence-corrected chi connectivity index (χ2v) is 8.12. The molecule has 0 spiro atoms. The van der Waals surface area contributed by atoms with Crippen LogP contribution in [-0.4, -0.2) is 25.4 Å². The molecular weight excluding hydrogens is 531 g/mol. The van der Waals surface area contributed by atoms with Crippen LogP contribution in [0.15, 0.2) is 77.4 Å². The molecular formula is C24H13ClF3N5O5. The summed E-state index contributed by atoms with van der Waals surface area (Å²) in [5.41, 5.74) is -2.93. The molecule has 192 valence electrons. The number of ether oxygens (including phenoxy) is 1. The molecule has 2 aromatic carbocycles. The number of aromatic nitrogens is 3. The van der Waals surface area contributed by atoms with Crippen LogP contribution >= 0.6 is 11.6 Å². The SMILES string of the molecule is O=C(Nc1cc(Oc2ccccc2)cc([N+](=O)[O-])c1)c1nn2c(C(F)(F)F)cc(-c3ccco3)nc2c1Cl. The van der Waals surface area contributed by atoms with E-state index in [9.17, 15) is 28.1 Å². The number of carbonyl (C=O) groups excluding carboxylic acids is 1. The minimum Gasteiger partial charge on any atom is -0.463 e. The van der Waals surface area contributed by atoms with Gasteiger partial charge in [0.05, 0.1) is 22.9 Å². The Labute approximate surface area is 215 Å². The maximum atomic E-state index is 13.8. The van der Waals surface area contributed by atoms with E-state index in [4.69, 9.17) is 20.8 Å². The molecule has 1 amide bonds. The van der Waals surface area contributed by atoms with Gasteiger partial charge in [0.25, 0.3) is 11.6 Å². The molecule has 14 heteroatoms. The smallest absolute Gasteiger partial charge is 0.433 e. The van der Waals surface area contributed by atoms with Gasteiger partial charge in [0.2, 0.25) is 0 Å². The highest BCUT2D eigenvalue weighted by molar-refractivity contribution is 6.37. The number of nitrogens with one attached hydrogen (secondary N) is 1. The predicted molar refractivity (Wildman–Crippen MR) is 128 cm³/mol. The van der Waals surface area contributed by atoms with E-state index in [1.165, 1.54) is 24.5 Å². The number of fused-ring (bicyclic) bond motifs is 1. The normalized spacial score (nSPS) is 11.5. The first-order valence-corrected chi connectivity index (χ1v) is 11.0. The van der Waals surface area contributed by atoms with Crippen LogP contribution in [0.1, 0.15) is 16.2 Å². The summed E-state index contributed by atoms with van der Waals surface area (Å²) < 4.78 is 52.7. The van der Waals surface area contributed by atoms with Gasteiger partial charge in [-0.25, -0.2) is 9.50 Å². The number of carbonyl (C=O) groups is 1. The third-order valence-corrected chi connectivity index (χ3v) is 5.50. The van der Waals surface area contributed by atoms with Crippen LogP contribution in [0.25, 0.3) is 17.1 Å². The monoisotopic (exact) mass is 543 g/mol. The maximum absolute atomic E-state index is 13.8. The summed E-state index contributed by atoms with van der Waals surface area (Å²) in [5.74, 6) is -0.569. The predicted octanol–water partition coefficient (Wildman–Crippen LogP) is 6.61. The number of para-hydroxylation sites is 1. The van der Waals surface area contributed by atoms with Crippen molar-refractivity contribution in [1.82, 2.24) is 14.6 Å². The van der Waals surface area contributed by atoms with E-state index in [-0.39, 0.29) is 22.9 Å². The first-order valence-electron chi connectivity index (χ1n) is 10.6. The average molecular weight is 544 g/mol. The van der Waals surface area contributed by atoms with Crippen molar-refractivity contribution in [3.63, 3.8) is 0 Å². The fourth-order valence-corrected chi connectivity index (χ4v) is 3.77. The Balaban J connectivity index is 1.54. The van der Waals surface area contributed by atoms with E-state index in [1.807, 2.05) is 0 Å². The number of hydrogen-bond acceptors (Lipinski definition) is 7. The topological polar surface area (TPSA) is 125 Å². The van der Waals surface area contributed by atoms with Gasteiger partial charge in [-0.15, -0.1) is 0 Å². The number of amides is 1. The summed E-state index contributed by atoms with van der Waals surface area (Å²) in [6.45, 7) is 0. The van der Waals surface area contributed by atoms with Crippen molar-refractivity contribution in [1.29, 1.82) is 0 Å². The molecule has 5 aromatic rings. The number of halogens is 4. The van der Waals surface area contributed by atoms with Crippen molar-refractivity contribution in [3.8, 4) is 23.0 Å². The van der Waals surface area contributed by atoms with Crippen LogP contribution in [0.3, 0.4) is 0 Å². The van der Waals surface area contributed by atoms with Gasteiger partial charge in [-0.3, -0.25) is 14.9 Å². The van der Waals surface area contributed by atoms with Crippen molar-refractivity contribution in [2.75, 3.05) is 5.32 Å². The zero-order chi connectivity index (χ0) is 27.0. The first kappa shape index (κ1) is 24.8. The van der Waals surface area contributed by atoms with Crippen molar-refractivity contribution >= 4 is 34.5 Å². The Morgan fingerprint density at radius 1 is 1.08 bits per heavy atom. The molecule has 0 atom stereocenters. The standard InChI is InChI=1S/C24H13ClF3N5O5/c25-20-21(31-32-19(24(26,27)28)12-17(30-22(20)32)18-7-4-8-37-18)23(34)29-13-9-14(33(35)36)11-16(10-13)38-15-5-2-1-3-6-15/h1-12H,(H,29,34). The highest BCUT2D eigenvalue weighted by Gasteiger charge is 2.37. The lowest BCUT2D eigenvalue weighted by atomic mass is 10.2. The molecule has 0 fully saturated rings. The fourth-order valence-electron chi connectivity index (χ4n) is 3.52. The Hall–Kier alpha value is -4.91. The quantitative estimate of drug-likeness (QED) is 0.188. The molecule has 0 unspecified atom stereocenters. The number of nitrogens with zero attached hydrogens (tertiary/aromatic N) is 4. The minimum atomic E-state index is -4.88. The molecule has 1 N–H and O–H groups in total. The fraction of sp³-hybridized carbons (Fsp3) is 0.0417. The molecule has 5 rings (SSSR count). The zero-order valence-electron chi connectivity index (χ0n) is 18.8. The van der Waals surface area contributed by atoms with Crippen molar-refractivity contribution in [3.05, 3.63) is 99.5 Å². The van der Waals surface area contributed by atoms with E-state index in [2.05, 4.69) is 15.4 Å². The summed E-state index contributed by atoms with van der Waals surface area (Å²) in [4.78, 5) is 27.8. The molecule has 0 aliphatic heterocycles. The number of nitro groups is 1. The van der Waals surface area contributed by atoms with E-state index in [0.717, 1.165) is 12.1 Å². The van der Waals surface area contributed by atoms with E-state index >= 15 is 0 Å². The largest absolute Gasteiger partial charge is 0.463 e. The van der Waals surface area contributed by atoms with Gasteiger partial charge in [-0.1, -0.05) is 29.8 Å². The van der Waals surface area contributed by atoms with Crippen LogP contribution < -0.4 is 10.1 Å². The number of benzene rings is 2. The maximum Gasteiger partial charge on any atom is 0.433 e. The van der Waals surface area contributed by atoms with E-state index < -0.39 is 44.8 Å². The molecule has 3 heterocycles. The van der Waals surface area contributed by atoms with E-state index in [0.29, 0.717) is 16.3 Å². The van der Waals surface area contributed by atoms with Gasteiger partial charge in [0.1, 0.15) is 22.2 Å². The second kappa shape index (κ2) is 9.52.